The van der Waals surface area contributed by atoms with Crippen LogP contribution in [-0.4, -0.2) is 0 Å². The predicted molar refractivity (Wildman–Crippen MR) is 213 cm³/mol. The number of anilines is 3. The normalized spacial score (nSPS) is 11.9. The lowest BCUT2D eigenvalue weighted by Gasteiger charge is -2.28. The number of para-hydroxylation sites is 1. The highest BCUT2D eigenvalue weighted by atomic mass is 15.1. The van der Waals surface area contributed by atoms with Crippen LogP contribution in [-0.2, 0) is 6.42 Å². The first-order valence-electron chi connectivity index (χ1n) is 17.4. The molecular formula is C49H33N. The van der Waals surface area contributed by atoms with E-state index in [1.54, 1.807) is 0 Å². The Hall–Kier alpha value is -6.44. The Kier molecular flexibility index (Phi) is 6.63. The molecule has 50 heavy (non-hydrogen) atoms. The molecule has 234 valence electrons. The molecule has 0 N–H and O–H groups in total. The average molecular weight is 636 g/mol. The topological polar surface area (TPSA) is 3.24 Å². The van der Waals surface area contributed by atoms with Crippen molar-refractivity contribution in [2.45, 2.75) is 6.42 Å². The summed E-state index contributed by atoms with van der Waals surface area (Å²) in [6.07, 6.45) is 0.935. The smallest absolute Gasteiger partial charge is 0.0503 e. The van der Waals surface area contributed by atoms with E-state index in [1.807, 2.05) is 0 Å². The molecule has 0 amide bonds. The lowest BCUT2D eigenvalue weighted by Crippen LogP contribution is -2.12. The SMILES string of the molecule is c1ccc(N(c2ccc(-c3c4ccccc4c(-c4cccc5ccccc45)c4ccccc34)cc2)c2cccc3c2Cc2ccccc2-3)cc1. The molecule has 0 bridgehead atoms. The van der Waals surface area contributed by atoms with E-state index in [-0.39, 0.29) is 0 Å². The van der Waals surface area contributed by atoms with Crippen molar-refractivity contribution in [3.05, 3.63) is 199 Å². The molecule has 9 aromatic rings. The first-order valence-corrected chi connectivity index (χ1v) is 17.4. The predicted octanol–water partition coefficient (Wildman–Crippen LogP) is 13.5. The van der Waals surface area contributed by atoms with Crippen LogP contribution in [0.1, 0.15) is 11.1 Å². The molecule has 1 aliphatic carbocycles. The van der Waals surface area contributed by atoms with E-state index in [2.05, 4.69) is 193 Å². The summed E-state index contributed by atoms with van der Waals surface area (Å²) in [7, 11) is 0. The molecule has 0 fully saturated rings. The van der Waals surface area contributed by atoms with Crippen LogP contribution in [0.15, 0.2) is 188 Å². The summed E-state index contributed by atoms with van der Waals surface area (Å²) in [6.45, 7) is 0. The fourth-order valence-electron chi connectivity index (χ4n) is 8.30. The number of hydrogen-bond donors (Lipinski definition) is 0. The van der Waals surface area contributed by atoms with E-state index in [1.165, 1.54) is 82.5 Å². The van der Waals surface area contributed by atoms with Crippen molar-refractivity contribution in [1.82, 2.24) is 0 Å². The molecule has 0 spiro atoms. The third-order valence-electron chi connectivity index (χ3n) is 10.5. The minimum atomic E-state index is 0.935. The second-order valence-electron chi connectivity index (χ2n) is 13.2. The molecule has 0 radical (unpaired) electrons. The fraction of sp³-hybridized carbons (Fsp3) is 0.0204. The van der Waals surface area contributed by atoms with E-state index in [4.69, 9.17) is 0 Å². The third-order valence-corrected chi connectivity index (χ3v) is 10.5. The quantitative estimate of drug-likeness (QED) is 0.170. The molecule has 10 rings (SSSR count). The van der Waals surface area contributed by atoms with Crippen molar-refractivity contribution in [3.8, 4) is 33.4 Å². The Morgan fingerprint density at radius 1 is 0.340 bits per heavy atom. The highest BCUT2D eigenvalue weighted by molar-refractivity contribution is 6.23. The van der Waals surface area contributed by atoms with Crippen molar-refractivity contribution >= 4 is 49.4 Å². The van der Waals surface area contributed by atoms with Gasteiger partial charge in [-0.05, 0) is 107 Å². The van der Waals surface area contributed by atoms with Gasteiger partial charge in [-0.1, -0.05) is 158 Å². The van der Waals surface area contributed by atoms with Gasteiger partial charge in [-0.25, -0.2) is 0 Å². The molecular weight excluding hydrogens is 603 g/mol. The van der Waals surface area contributed by atoms with Crippen LogP contribution in [0.4, 0.5) is 17.1 Å². The fourth-order valence-corrected chi connectivity index (χ4v) is 8.30. The maximum Gasteiger partial charge on any atom is 0.0503 e. The first kappa shape index (κ1) is 28.6. The standard InChI is InChI=1S/C49H33N/c1-2-17-36(18-3-1)50(47-27-13-25-40-39-20-7-5-15-35(39)32-46(40)47)37-30-28-34(29-31-37)48-42-21-8-10-23-44(42)49(45-24-11-9-22-43(45)48)41-26-12-16-33-14-4-6-19-38(33)41/h1-31H,32H2. The van der Waals surface area contributed by atoms with Gasteiger partial charge in [0.25, 0.3) is 0 Å². The molecule has 1 aliphatic rings. The molecule has 0 aliphatic heterocycles. The van der Waals surface area contributed by atoms with Gasteiger partial charge in [0, 0.05) is 17.8 Å². The van der Waals surface area contributed by atoms with Gasteiger partial charge in [0.15, 0.2) is 0 Å². The zero-order chi connectivity index (χ0) is 33.0. The van der Waals surface area contributed by atoms with Gasteiger partial charge >= 0.3 is 0 Å². The Labute approximate surface area is 292 Å². The number of fused-ring (bicyclic) bond motifs is 6. The molecule has 1 nitrogen and oxygen atoms in total. The van der Waals surface area contributed by atoms with Crippen molar-refractivity contribution in [2.75, 3.05) is 4.90 Å². The van der Waals surface area contributed by atoms with Crippen molar-refractivity contribution < 1.29 is 0 Å². The highest BCUT2D eigenvalue weighted by Crippen LogP contribution is 2.48. The van der Waals surface area contributed by atoms with E-state index in [9.17, 15) is 0 Å². The highest BCUT2D eigenvalue weighted by Gasteiger charge is 2.25. The Morgan fingerprint density at radius 3 is 1.60 bits per heavy atom. The van der Waals surface area contributed by atoms with Crippen LogP contribution >= 0.6 is 0 Å². The minimum Gasteiger partial charge on any atom is -0.310 e. The number of rotatable bonds is 5. The summed E-state index contributed by atoms with van der Waals surface area (Å²) in [6, 6.07) is 68.8. The van der Waals surface area contributed by atoms with E-state index in [0.717, 1.165) is 17.8 Å². The van der Waals surface area contributed by atoms with Gasteiger partial charge in [-0.3, -0.25) is 0 Å². The minimum absolute atomic E-state index is 0.935. The van der Waals surface area contributed by atoms with Crippen LogP contribution in [0.2, 0.25) is 0 Å². The monoisotopic (exact) mass is 635 g/mol. The van der Waals surface area contributed by atoms with Crippen molar-refractivity contribution in [1.29, 1.82) is 0 Å². The summed E-state index contributed by atoms with van der Waals surface area (Å²) in [5, 5.41) is 7.60. The first-order chi connectivity index (χ1) is 24.8. The van der Waals surface area contributed by atoms with Gasteiger partial charge in [0.05, 0.1) is 5.69 Å². The van der Waals surface area contributed by atoms with E-state index in [0.29, 0.717) is 0 Å². The van der Waals surface area contributed by atoms with Gasteiger partial charge < -0.3 is 4.90 Å². The van der Waals surface area contributed by atoms with Gasteiger partial charge in [0.2, 0.25) is 0 Å². The summed E-state index contributed by atoms with van der Waals surface area (Å²) in [5.74, 6) is 0. The molecule has 0 saturated heterocycles. The number of benzene rings is 9. The van der Waals surface area contributed by atoms with Crippen LogP contribution < -0.4 is 4.90 Å². The summed E-state index contributed by atoms with van der Waals surface area (Å²) < 4.78 is 0. The molecule has 1 heteroatoms. The molecule has 0 aromatic heterocycles. The van der Waals surface area contributed by atoms with Crippen LogP contribution in [0.25, 0.3) is 65.7 Å². The number of hydrogen-bond acceptors (Lipinski definition) is 1. The van der Waals surface area contributed by atoms with Crippen LogP contribution in [0.3, 0.4) is 0 Å². The zero-order valence-electron chi connectivity index (χ0n) is 27.6. The van der Waals surface area contributed by atoms with Crippen molar-refractivity contribution in [2.24, 2.45) is 0 Å². The maximum absolute atomic E-state index is 2.42. The van der Waals surface area contributed by atoms with Gasteiger partial charge in [-0.15, -0.1) is 0 Å². The Morgan fingerprint density at radius 2 is 0.860 bits per heavy atom. The molecule has 0 saturated carbocycles. The average Bonchev–Trinajstić information content (AvgIpc) is 3.57. The Bertz CT molecular complexity index is 2660. The van der Waals surface area contributed by atoms with Crippen molar-refractivity contribution in [3.63, 3.8) is 0 Å². The summed E-state index contributed by atoms with van der Waals surface area (Å²) in [4.78, 5) is 2.42. The van der Waals surface area contributed by atoms with Gasteiger partial charge in [0.1, 0.15) is 0 Å². The van der Waals surface area contributed by atoms with E-state index < -0.39 is 0 Å². The summed E-state index contributed by atoms with van der Waals surface area (Å²) >= 11 is 0. The second-order valence-corrected chi connectivity index (χ2v) is 13.2. The lowest BCUT2D eigenvalue weighted by molar-refractivity contribution is 1.20. The van der Waals surface area contributed by atoms with Crippen LogP contribution in [0.5, 0.6) is 0 Å². The lowest BCUT2D eigenvalue weighted by atomic mass is 9.85. The number of nitrogens with zero attached hydrogens (tertiary/aromatic N) is 1. The summed E-state index contributed by atoms with van der Waals surface area (Å²) in [5.41, 5.74) is 14.0. The third kappa shape index (κ3) is 4.48. The maximum atomic E-state index is 2.42. The molecule has 9 aromatic carbocycles. The van der Waals surface area contributed by atoms with E-state index >= 15 is 0 Å². The second kappa shape index (κ2) is 11.6. The zero-order valence-corrected chi connectivity index (χ0v) is 27.6. The molecule has 0 atom stereocenters. The van der Waals surface area contributed by atoms with Gasteiger partial charge in [-0.2, -0.15) is 0 Å². The molecule has 0 heterocycles. The Balaban J connectivity index is 1.16. The largest absolute Gasteiger partial charge is 0.310 e. The molecule has 0 unspecified atom stereocenters. The van der Waals surface area contributed by atoms with Crippen LogP contribution in [0, 0.1) is 0 Å².